The van der Waals surface area contributed by atoms with Gasteiger partial charge >= 0.3 is 0 Å². The van der Waals surface area contributed by atoms with E-state index in [0.29, 0.717) is 29.0 Å². The number of hydrogen-bond acceptors (Lipinski definition) is 6. The van der Waals surface area contributed by atoms with Gasteiger partial charge in [0.15, 0.2) is 5.82 Å². The Balaban J connectivity index is 1.82. The van der Waals surface area contributed by atoms with Crippen molar-refractivity contribution in [3.8, 4) is 5.75 Å². The van der Waals surface area contributed by atoms with Crippen molar-refractivity contribution in [3.05, 3.63) is 41.0 Å². The van der Waals surface area contributed by atoms with Crippen LogP contribution in [0, 0.1) is 12.8 Å². The molecule has 0 aliphatic rings. The van der Waals surface area contributed by atoms with Gasteiger partial charge in [0.25, 0.3) is 0 Å². The predicted octanol–water partition coefficient (Wildman–Crippen LogP) is 2.76. The lowest BCUT2D eigenvalue weighted by atomic mass is 10.0. The van der Waals surface area contributed by atoms with Crippen LogP contribution >= 0.6 is 11.6 Å². The maximum absolute atomic E-state index is 10.1. The molecule has 2 aromatic rings. The molecule has 6 nitrogen and oxygen atoms in total. The average Bonchev–Trinajstić information content (AvgIpc) is 2.93. The van der Waals surface area contributed by atoms with Crippen LogP contribution in [0.2, 0.25) is 5.02 Å². The zero-order valence-corrected chi connectivity index (χ0v) is 14.2. The van der Waals surface area contributed by atoms with Gasteiger partial charge in [-0.3, -0.25) is 0 Å². The molecule has 0 bridgehead atoms. The molecule has 23 heavy (non-hydrogen) atoms. The Morgan fingerprint density at radius 3 is 2.57 bits per heavy atom. The third kappa shape index (κ3) is 5.49. The lowest BCUT2D eigenvalue weighted by Gasteiger charge is -2.21. The van der Waals surface area contributed by atoms with Gasteiger partial charge in [-0.25, -0.2) is 0 Å². The maximum atomic E-state index is 10.1. The number of nitrogens with one attached hydrogen (secondary N) is 1. The van der Waals surface area contributed by atoms with Crippen LogP contribution in [0.15, 0.2) is 28.8 Å². The molecule has 0 saturated heterocycles. The highest BCUT2D eigenvalue weighted by Gasteiger charge is 2.22. The van der Waals surface area contributed by atoms with E-state index in [-0.39, 0.29) is 18.6 Å². The summed E-state index contributed by atoms with van der Waals surface area (Å²) in [6.07, 6.45) is -0.657. The van der Waals surface area contributed by atoms with Gasteiger partial charge in [-0.05, 0) is 37.1 Å². The molecule has 0 radical (unpaired) electrons. The number of aromatic nitrogens is 2. The van der Waals surface area contributed by atoms with E-state index in [0.717, 1.165) is 0 Å². The number of aliphatic hydroxyl groups is 1. The summed E-state index contributed by atoms with van der Waals surface area (Å²) in [6.45, 7) is 6.42. The summed E-state index contributed by atoms with van der Waals surface area (Å²) in [5, 5.41) is 17.8. The topological polar surface area (TPSA) is 80.4 Å². The monoisotopic (exact) mass is 339 g/mol. The van der Waals surface area contributed by atoms with Crippen LogP contribution in [-0.4, -0.2) is 34.5 Å². The van der Waals surface area contributed by atoms with Crippen molar-refractivity contribution in [2.75, 3.05) is 13.2 Å². The first kappa shape index (κ1) is 17.7. The smallest absolute Gasteiger partial charge is 0.244 e. The molecule has 0 spiro atoms. The molecular formula is C16H22ClN3O3. The Hall–Kier alpha value is -1.63. The summed E-state index contributed by atoms with van der Waals surface area (Å²) in [5.74, 6) is 2.04. The zero-order chi connectivity index (χ0) is 16.8. The molecule has 0 amide bonds. The quantitative estimate of drug-likeness (QED) is 0.769. The van der Waals surface area contributed by atoms with Crippen LogP contribution in [0.1, 0.15) is 31.6 Å². The summed E-state index contributed by atoms with van der Waals surface area (Å²) in [6, 6.07) is 6.91. The van der Waals surface area contributed by atoms with E-state index >= 15 is 0 Å². The largest absolute Gasteiger partial charge is 0.491 e. The van der Waals surface area contributed by atoms with Crippen molar-refractivity contribution >= 4 is 11.6 Å². The molecule has 1 aromatic heterocycles. The summed E-state index contributed by atoms with van der Waals surface area (Å²) in [4.78, 5) is 4.25. The van der Waals surface area contributed by atoms with Crippen LogP contribution in [0.25, 0.3) is 0 Å². The Labute approximate surface area is 140 Å². The first-order valence-corrected chi connectivity index (χ1v) is 7.93. The Bertz CT molecular complexity index is 601. The highest BCUT2D eigenvalue weighted by molar-refractivity contribution is 6.30. The van der Waals surface area contributed by atoms with Gasteiger partial charge in [0.2, 0.25) is 5.89 Å². The fraction of sp³-hybridized carbons (Fsp3) is 0.500. The van der Waals surface area contributed by atoms with Crippen LogP contribution < -0.4 is 10.1 Å². The number of hydrogen-bond donors (Lipinski definition) is 2. The standard InChI is InChI=1S/C16H22ClN3O3/c1-10(2)15(16-19-11(3)20-23-16)18-8-13(21)9-22-14-6-4-12(17)5-7-14/h4-7,10,13,15,18,21H,8-9H2,1-3H3. The van der Waals surface area contributed by atoms with Crippen molar-refractivity contribution < 1.29 is 14.4 Å². The molecular weight excluding hydrogens is 318 g/mol. The van der Waals surface area contributed by atoms with E-state index < -0.39 is 6.10 Å². The van der Waals surface area contributed by atoms with E-state index in [9.17, 15) is 5.11 Å². The Morgan fingerprint density at radius 1 is 1.30 bits per heavy atom. The van der Waals surface area contributed by atoms with Crippen molar-refractivity contribution in [3.63, 3.8) is 0 Å². The maximum Gasteiger partial charge on any atom is 0.244 e. The molecule has 0 aliphatic carbocycles. The molecule has 2 unspecified atom stereocenters. The molecule has 2 N–H and O–H groups in total. The third-order valence-electron chi connectivity index (χ3n) is 3.31. The second-order valence-electron chi connectivity index (χ2n) is 5.73. The Morgan fingerprint density at radius 2 is 2.00 bits per heavy atom. The zero-order valence-electron chi connectivity index (χ0n) is 13.5. The summed E-state index contributed by atoms with van der Waals surface area (Å²) in [7, 11) is 0. The number of halogens is 1. The van der Waals surface area contributed by atoms with E-state index in [1.807, 2.05) is 13.8 Å². The average molecular weight is 340 g/mol. The summed E-state index contributed by atoms with van der Waals surface area (Å²) >= 11 is 5.81. The van der Waals surface area contributed by atoms with Gasteiger partial charge in [-0.1, -0.05) is 30.6 Å². The fourth-order valence-electron chi connectivity index (χ4n) is 2.09. The molecule has 0 aliphatic heterocycles. The number of aryl methyl sites for hydroxylation is 1. The second kappa shape index (κ2) is 8.29. The number of nitrogens with zero attached hydrogens (tertiary/aromatic N) is 2. The normalized spacial score (nSPS) is 14.0. The molecule has 2 atom stereocenters. The molecule has 1 aromatic carbocycles. The number of ether oxygens (including phenoxy) is 1. The van der Waals surface area contributed by atoms with Crippen LogP contribution in [0.3, 0.4) is 0 Å². The highest BCUT2D eigenvalue weighted by atomic mass is 35.5. The summed E-state index contributed by atoms with van der Waals surface area (Å²) < 4.78 is 10.7. The highest BCUT2D eigenvalue weighted by Crippen LogP contribution is 2.20. The number of aliphatic hydroxyl groups excluding tert-OH is 1. The molecule has 126 valence electrons. The van der Waals surface area contributed by atoms with E-state index in [2.05, 4.69) is 15.5 Å². The van der Waals surface area contributed by atoms with Gasteiger partial charge in [-0.15, -0.1) is 0 Å². The van der Waals surface area contributed by atoms with E-state index in [1.54, 1.807) is 31.2 Å². The van der Waals surface area contributed by atoms with Crippen LogP contribution in [0.5, 0.6) is 5.75 Å². The first-order valence-electron chi connectivity index (χ1n) is 7.55. The van der Waals surface area contributed by atoms with Crippen molar-refractivity contribution in [1.82, 2.24) is 15.5 Å². The molecule has 0 saturated carbocycles. The minimum atomic E-state index is -0.657. The first-order chi connectivity index (χ1) is 11.0. The van der Waals surface area contributed by atoms with Crippen LogP contribution in [0.4, 0.5) is 0 Å². The molecule has 0 fully saturated rings. The fourth-order valence-corrected chi connectivity index (χ4v) is 2.22. The van der Waals surface area contributed by atoms with Crippen LogP contribution in [-0.2, 0) is 0 Å². The SMILES string of the molecule is Cc1noc(C(NCC(O)COc2ccc(Cl)cc2)C(C)C)n1. The molecule has 2 rings (SSSR count). The predicted molar refractivity (Wildman–Crippen MR) is 87.6 cm³/mol. The van der Waals surface area contributed by atoms with Gasteiger partial charge in [0, 0.05) is 11.6 Å². The van der Waals surface area contributed by atoms with Crippen molar-refractivity contribution in [1.29, 1.82) is 0 Å². The van der Waals surface area contributed by atoms with Gasteiger partial charge in [0.05, 0.1) is 6.04 Å². The van der Waals surface area contributed by atoms with Gasteiger partial charge in [-0.2, -0.15) is 4.98 Å². The lowest BCUT2D eigenvalue weighted by Crippen LogP contribution is -2.36. The van der Waals surface area contributed by atoms with Gasteiger partial charge < -0.3 is 19.7 Å². The minimum absolute atomic E-state index is 0.110. The Kier molecular flexibility index (Phi) is 6.38. The van der Waals surface area contributed by atoms with Gasteiger partial charge in [0.1, 0.15) is 18.5 Å². The number of rotatable bonds is 8. The second-order valence-corrected chi connectivity index (χ2v) is 6.16. The molecule has 1 heterocycles. The molecule has 7 heteroatoms. The third-order valence-corrected chi connectivity index (χ3v) is 3.56. The van der Waals surface area contributed by atoms with Crippen molar-refractivity contribution in [2.45, 2.75) is 32.9 Å². The van der Waals surface area contributed by atoms with E-state index in [4.69, 9.17) is 20.9 Å². The van der Waals surface area contributed by atoms with Crippen molar-refractivity contribution in [2.24, 2.45) is 5.92 Å². The lowest BCUT2D eigenvalue weighted by molar-refractivity contribution is 0.0994. The minimum Gasteiger partial charge on any atom is -0.491 e. The number of benzene rings is 1. The van der Waals surface area contributed by atoms with E-state index in [1.165, 1.54) is 0 Å². The summed E-state index contributed by atoms with van der Waals surface area (Å²) in [5.41, 5.74) is 0.